The van der Waals surface area contributed by atoms with E-state index < -0.39 is 0 Å². The Morgan fingerprint density at radius 1 is 1.10 bits per heavy atom. The first-order valence-electron chi connectivity index (χ1n) is 7.27. The summed E-state index contributed by atoms with van der Waals surface area (Å²) in [5.41, 5.74) is 10.1. The van der Waals surface area contributed by atoms with E-state index in [1.54, 1.807) is 0 Å². The predicted molar refractivity (Wildman–Crippen MR) is 82.9 cm³/mol. The van der Waals surface area contributed by atoms with Crippen LogP contribution >= 0.6 is 0 Å². The van der Waals surface area contributed by atoms with Crippen molar-refractivity contribution in [3.8, 4) is 0 Å². The zero-order valence-corrected chi connectivity index (χ0v) is 11.9. The van der Waals surface area contributed by atoms with Crippen molar-refractivity contribution in [1.82, 2.24) is 4.98 Å². The van der Waals surface area contributed by atoms with E-state index in [0.29, 0.717) is 0 Å². The summed E-state index contributed by atoms with van der Waals surface area (Å²) in [6.45, 7) is 4.05. The van der Waals surface area contributed by atoms with Crippen LogP contribution in [0.5, 0.6) is 0 Å². The Labute approximate surface area is 120 Å². The third kappa shape index (κ3) is 2.68. The molecule has 1 aromatic carbocycles. The van der Waals surface area contributed by atoms with Crippen LogP contribution in [0.1, 0.15) is 29.7 Å². The van der Waals surface area contributed by atoms with Gasteiger partial charge in [-0.15, -0.1) is 0 Å². The maximum absolute atomic E-state index is 5.97. The molecule has 3 nitrogen and oxygen atoms in total. The van der Waals surface area contributed by atoms with Crippen LogP contribution < -0.4 is 10.6 Å². The van der Waals surface area contributed by atoms with E-state index in [2.05, 4.69) is 40.2 Å². The maximum Gasteiger partial charge on any atom is 0.128 e. The lowest BCUT2D eigenvalue weighted by Gasteiger charge is -2.22. The van der Waals surface area contributed by atoms with Crippen LogP contribution in [0.2, 0.25) is 0 Å². The van der Waals surface area contributed by atoms with Gasteiger partial charge in [0.1, 0.15) is 5.82 Å². The first-order valence-corrected chi connectivity index (χ1v) is 7.27. The largest absolute Gasteiger partial charge is 0.356 e. The molecule has 20 heavy (non-hydrogen) atoms. The fourth-order valence-corrected chi connectivity index (χ4v) is 2.79. The highest BCUT2D eigenvalue weighted by Crippen LogP contribution is 2.21. The second-order valence-corrected chi connectivity index (χ2v) is 5.49. The van der Waals surface area contributed by atoms with Gasteiger partial charge in [0.05, 0.1) is 0 Å². The van der Waals surface area contributed by atoms with Crippen molar-refractivity contribution in [3.63, 3.8) is 0 Å². The molecular formula is C17H21N3. The fraction of sp³-hybridized carbons (Fsp3) is 0.353. The van der Waals surface area contributed by atoms with Gasteiger partial charge in [-0.05, 0) is 48.6 Å². The van der Waals surface area contributed by atoms with Crippen LogP contribution in [0.25, 0.3) is 0 Å². The number of anilines is 1. The molecule has 2 N–H and O–H groups in total. The Hall–Kier alpha value is -1.87. The molecule has 0 bridgehead atoms. The molecule has 0 spiro atoms. The SMILES string of the molecule is C[C@@H](N)c1ccnc(N2CCc3ccccc3CC2)c1. The number of benzene rings is 1. The molecule has 1 aromatic heterocycles. The van der Waals surface area contributed by atoms with Crippen molar-refractivity contribution in [2.45, 2.75) is 25.8 Å². The highest BCUT2D eigenvalue weighted by molar-refractivity contribution is 5.44. The molecule has 1 aliphatic heterocycles. The van der Waals surface area contributed by atoms with Gasteiger partial charge >= 0.3 is 0 Å². The number of hydrogen-bond donors (Lipinski definition) is 1. The minimum Gasteiger partial charge on any atom is -0.356 e. The van der Waals surface area contributed by atoms with Crippen LogP contribution in [0.4, 0.5) is 5.82 Å². The average Bonchev–Trinajstić information content (AvgIpc) is 2.70. The van der Waals surface area contributed by atoms with E-state index >= 15 is 0 Å². The lowest BCUT2D eigenvalue weighted by atomic mass is 10.0. The topological polar surface area (TPSA) is 42.1 Å². The second kappa shape index (κ2) is 5.63. The molecule has 104 valence electrons. The van der Waals surface area contributed by atoms with E-state index in [4.69, 9.17) is 5.73 Å². The first kappa shape index (κ1) is 13.1. The van der Waals surface area contributed by atoms with Crippen LogP contribution in [-0.4, -0.2) is 18.1 Å². The minimum absolute atomic E-state index is 0.0564. The van der Waals surface area contributed by atoms with Gasteiger partial charge in [-0.25, -0.2) is 4.98 Å². The molecule has 1 aliphatic rings. The third-order valence-corrected chi connectivity index (χ3v) is 4.04. The molecule has 3 heteroatoms. The Bertz CT molecular complexity index is 565. The van der Waals surface area contributed by atoms with E-state index in [9.17, 15) is 0 Å². The average molecular weight is 267 g/mol. The van der Waals surface area contributed by atoms with Crippen LogP contribution in [0.15, 0.2) is 42.6 Å². The first-order chi connectivity index (χ1) is 9.74. The Kier molecular flexibility index (Phi) is 3.70. The molecule has 1 atom stereocenters. The van der Waals surface area contributed by atoms with Crippen molar-refractivity contribution in [3.05, 3.63) is 59.3 Å². The lowest BCUT2D eigenvalue weighted by molar-refractivity contribution is 0.777. The van der Waals surface area contributed by atoms with Crippen molar-refractivity contribution in [2.75, 3.05) is 18.0 Å². The number of rotatable bonds is 2. The monoisotopic (exact) mass is 267 g/mol. The number of hydrogen-bond acceptors (Lipinski definition) is 3. The van der Waals surface area contributed by atoms with Gasteiger partial charge in [0.25, 0.3) is 0 Å². The minimum atomic E-state index is 0.0564. The molecule has 0 fully saturated rings. The molecule has 0 saturated carbocycles. The van der Waals surface area contributed by atoms with E-state index in [1.807, 2.05) is 19.2 Å². The zero-order valence-electron chi connectivity index (χ0n) is 11.9. The number of fused-ring (bicyclic) bond motifs is 1. The van der Waals surface area contributed by atoms with Gasteiger partial charge in [0, 0.05) is 25.3 Å². The number of pyridine rings is 1. The van der Waals surface area contributed by atoms with Crippen molar-refractivity contribution in [1.29, 1.82) is 0 Å². The number of nitrogens with zero attached hydrogens (tertiary/aromatic N) is 2. The molecular weight excluding hydrogens is 246 g/mol. The Morgan fingerprint density at radius 2 is 1.75 bits per heavy atom. The fourth-order valence-electron chi connectivity index (χ4n) is 2.79. The number of nitrogens with two attached hydrogens (primary N) is 1. The molecule has 0 saturated heterocycles. The van der Waals surface area contributed by atoms with Gasteiger partial charge in [-0.3, -0.25) is 0 Å². The van der Waals surface area contributed by atoms with Crippen molar-refractivity contribution < 1.29 is 0 Å². The molecule has 2 aromatic rings. The highest BCUT2D eigenvalue weighted by Gasteiger charge is 2.15. The van der Waals surface area contributed by atoms with Gasteiger partial charge in [-0.2, -0.15) is 0 Å². The van der Waals surface area contributed by atoms with Crippen LogP contribution in [0.3, 0.4) is 0 Å². The second-order valence-electron chi connectivity index (χ2n) is 5.49. The van der Waals surface area contributed by atoms with Gasteiger partial charge in [-0.1, -0.05) is 24.3 Å². The predicted octanol–water partition coefficient (Wildman–Crippen LogP) is 2.71. The summed E-state index contributed by atoms with van der Waals surface area (Å²) >= 11 is 0. The summed E-state index contributed by atoms with van der Waals surface area (Å²) in [7, 11) is 0. The maximum atomic E-state index is 5.97. The van der Waals surface area contributed by atoms with Crippen LogP contribution in [0, 0.1) is 0 Å². The Balaban J connectivity index is 1.81. The normalized spacial score (nSPS) is 16.4. The van der Waals surface area contributed by atoms with E-state index in [-0.39, 0.29) is 6.04 Å². The molecule has 0 aliphatic carbocycles. The lowest BCUT2D eigenvalue weighted by Crippen LogP contribution is -2.27. The van der Waals surface area contributed by atoms with Crippen molar-refractivity contribution in [2.24, 2.45) is 5.73 Å². The third-order valence-electron chi connectivity index (χ3n) is 4.04. The standard InChI is InChI=1S/C17H21N3/c1-13(18)16-6-9-19-17(12-16)20-10-7-14-4-2-3-5-15(14)8-11-20/h2-6,9,12-13H,7-8,10-11,18H2,1H3/t13-/m1/s1. The number of aromatic nitrogens is 1. The summed E-state index contributed by atoms with van der Waals surface area (Å²) < 4.78 is 0. The van der Waals surface area contributed by atoms with Crippen molar-refractivity contribution >= 4 is 5.82 Å². The quantitative estimate of drug-likeness (QED) is 0.909. The molecule has 3 rings (SSSR count). The highest BCUT2D eigenvalue weighted by atomic mass is 15.2. The summed E-state index contributed by atoms with van der Waals surface area (Å²) in [6, 6.07) is 12.9. The summed E-state index contributed by atoms with van der Waals surface area (Å²) in [5.74, 6) is 1.05. The molecule has 2 heterocycles. The van der Waals surface area contributed by atoms with Gasteiger partial charge in [0.15, 0.2) is 0 Å². The van der Waals surface area contributed by atoms with Gasteiger partial charge < -0.3 is 10.6 Å². The summed E-state index contributed by atoms with van der Waals surface area (Å²) in [4.78, 5) is 6.89. The Morgan fingerprint density at radius 3 is 2.35 bits per heavy atom. The smallest absolute Gasteiger partial charge is 0.128 e. The van der Waals surface area contributed by atoms with E-state index in [1.165, 1.54) is 11.1 Å². The molecule has 0 radical (unpaired) electrons. The van der Waals surface area contributed by atoms with E-state index in [0.717, 1.165) is 37.3 Å². The summed E-state index contributed by atoms with van der Waals surface area (Å²) in [6.07, 6.45) is 4.03. The molecule has 0 unspecified atom stereocenters. The van der Waals surface area contributed by atoms with Gasteiger partial charge in [0.2, 0.25) is 0 Å². The van der Waals surface area contributed by atoms with Crippen LogP contribution in [-0.2, 0) is 12.8 Å². The zero-order chi connectivity index (χ0) is 13.9. The summed E-state index contributed by atoms with van der Waals surface area (Å²) in [5, 5.41) is 0. The molecule has 0 amide bonds.